The third kappa shape index (κ3) is 4.81. The van der Waals surface area contributed by atoms with E-state index < -0.39 is 5.97 Å². The summed E-state index contributed by atoms with van der Waals surface area (Å²) in [6.45, 7) is 7.77. The van der Waals surface area contributed by atoms with Crippen LogP contribution in [0.1, 0.15) is 30.5 Å². The number of aliphatic carboxylic acids is 1. The Bertz CT molecular complexity index is 607. The predicted octanol–water partition coefficient (Wildman–Crippen LogP) is 4.45. The number of aryl methyl sites for hydroxylation is 2. The summed E-state index contributed by atoms with van der Waals surface area (Å²) >= 11 is 0. The molecule has 0 unspecified atom stereocenters. The number of hydrogen-bond acceptors (Lipinski definition) is 3. The molecule has 0 aliphatic rings. The van der Waals surface area contributed by atoms with Gasteiger partial charge in [0, 0.05) is 0 Å². The zero-order chi connectivity index (χ0) is 16.7. The first kappa shape index (κ1) is 17.6. The molecule has 0 aliphatic carbocycles. The molecule has 2 N–H and O–H groups in total. The van der Waals surface area contributed by atoms with Crippen molar-refractivity contribution in [1.29, 1.82) is 0 Å². The molecule has 0 saturated carbocycles. The van der Waals surface area contributed by atoms with E-state index >= 15 is 0 Å². The zero-order valence-corrected chi connectivity index (χ0v) is 13.4. The third-order valence-electron chi connectivity index (χ3n) is 2.93. The second-order valence-corrected chi connectivity index (χ2v) is 4.73. The molecule has 0 bridgehead atoms. The Labute approximate surface area is 131 Å². The maximum atomic E-state index is 10.7. The SMILES string of the molecule is CC.Cc1cc(CC(=O)O)cc(C)c1Oc1ccc(O)cc1. The van der Waals surface area contributed by atoms with E-state index in [4.69, 9.17) is 9.84 Å². The van der Waals surface area contributed by atoms with Crippen LogP contribution in [0.25, 0.3) is 0 Å². The van der Waals surface area contributed by atoms with Gasteiger partial charge < -0.3 is 14.9 Å². The van der Waals surface area contributed by atoms with Crippen LogP contribution in [0.5, 0.6) is 17.2 Å². The van der Waals surface area contributed by atoms with Crippen LogP contribution in [-0.2, 0) is 11.2 Å². The van der Waals surface area contributed by atoms with Crippen molar-refractivity contribution in [2.24, 2.45) is 0 Å². The Morgan fingerprint density at radius 1 is 1.05 bits per heavy atom. The van der Waals surface area contributed by atoms with Crippen LogP contribution in [0, 0.1) is 13.8 Å². The standard InChI is InChI=1S/C16H16O4.C2H6/c1-10-7-12(9-15(18)19)8-11(2)16(10)20-14-5-3-13(17)4-6-14;1-2/h3-8,17H,9H2,1-2H3,(H,18,19);1-2H3. The highest BCUT2D eigenvalue weighted by Gasteiger charge is 2.09. The molecule has 2 aromatic carbocycles. The molecule has 2 rings (SSSR count). The fraction of sp³-hybridized carbons (Fsp3) is 0.278. The Morgan fingerprint density at radius 3 is 2.00 bits per heavy atom. The van der Waals surface area contributed by atoms with Gasteiger partial charge in [0.1, 0.15) is 17.2 Å². The third-order valence-corrected chi connectivity index (χ3v) is 2.93. The molecule has 118 valence electrons. The quantitative estimate of drug-likeness (QED) is 0.875. The number of hydrogen-bond donors (Lipinski definition) is 2. The maximum Gasteiger partial charge on any atom is 0.307 e. The normalized spacial score (nSPS) is 9.64. The van der Waals surface area contributed by atoms with Gasteiger partial charge in [-0.3, -0.25) is 4.79 Å². The van der Waals surface area contributed by atoms with Crippen molar-refractivity contribution in [3.63, 3.8) is 0 Å². The monoisotopic (exact) mass is 302 g/mol. The van der Waals surface area contributed by atoms with E-state index in [0.717, 1.165) is 16.7 Å². The minimum atomic E-state index is -0.851. The summed E-state index contributed by atoms with van der Waals surface area (Å²) in [7, 11) is 0. The smallest absolute Gasteiger partial charge is 0.307 e. The van der Waals surface area contributed by atoms with Gasteiger partial charge in [0.05, 0.1) is 6.42 Å². The van der Waals surface area contributed by atoms with Gasteiger partial charge in [-0.05, 0) is 54.8 Å². The van der Waals surface area contributed by atoms with Crippen molar-refractivity contribution < 1.29 is 19.7 Å². The molecule has 0 radical (unpaired) electrons. The minimum absolute atomic E-state index is 0.00116. The first-order chi connectivity index (χ1) is 10.5. The van der Waals surface area contributed by atoms with Crippen molar-refractivity contribution >= 4 is 5.97 Å². The summed E-state index contributed by atoms with van der Waals surface area (Å²) in [4.78, 5) is 10.7. The lowest BCUT2D eigenvalue weighted by atomic mass is 10.0. The average Bonchev–Trinajstić information content (AvgIpc) is 2.46. The van der Waals surface area contributed by atoms with E-state index in [9.17, 15) is 9.90 Å². The fourth-order valence-corrected chi connectivity index (χ4v) is 2.11. The van der Waals surface area contributed by atoms with E-state index in [-0.39, 0.29) is 12.2 Å². The molecular formula is C18H22O4. The van der Waals surface area contributed by atoms with Crippen LogP contribution in [0.2, 0.25) is 0 Å². The van der Waals surface area contributed by atoms with Crippen molar-refractivity contribution in [2.45, 2.75) is 34.1 Å². The van der Waals surface area contributed by atoms with Crippen LogP contribution < -0.4 is 4.74 Å². The van der Waals surface area contributed by atoms with Gasteiger partial charge in [-0.25, -0.2) is 0 Å². The lowest BCUT2D eigenvalue weighted by molar-refractivity contribution is -0.136. The van der Waals surface area contributed by atoms with Gasteiger partial charge in [-0.2, -0.15) is 0 Å². The first-order valence-electron chi connectivity index (χ1n) is 7.24. The highest BCUT2D eigenvalue weighted by atomic mass is 16.5. The van der Waals surface area contributed by atoms with Crippen molar-refractivity contribution in [3.05, 3.63) is 53.1 Å². The van der Waals surface area contributed by atoms with Crippen LogP contribution in [-0.4, -0.2) is 16.2 Å². The summed E-state index contributed by atoms with van der Waals surface area (Å²) in [6, 6.07) is 10.1. The maximum absolute atomic E-state index is 10.7. The van der Waals surface area contributed by atoms with Gasteiger partial charge in [0.2, 0.25) is 0 Å². The number of phenols is 1. The number of benzene rings is 2. The summed E-state index contributed by atoms with van der Waals surface area (Å²) < 4.78 is 5.80. The predicted molar refractivity (Wildman–Crippen MR) is 86.8 cm³/mol. The van der Waals surface area contributed by atoms with Gasteiger partial charge in [-0.1, -0.05) is 26.0 Å². The number of carbonyl (C=O) groups is 1. The lowest BCUT2D eigenvalue weighted by Gasteiger charge is -2.13. The zero-order valence-electron chi connectivity index (χ0n) is 13.4. The molecule has 0 amide bonds. The number of ether oxygens (including phenoxy) is 1. The van der Waals surface area contributed by atoms with Crippen LogP contribution in [0.3, 0.4) is 0 Å². The summed E-state index contributed by atoms with van der Waals surface area (Å²) in [5, 5.41) is 18.1. The molecule has 0 aromatic heterocycles. The van der Waals surface area contributed by atoms with Crippen molar-refractivity contribution in [1.82, 2.24) is 0 Å². The molecular weight excluding hydrogens is 280 g/mol. The van der Waals surface area contributed by atoms with E-state index in [1.807, 2.05) is 39.8 Å². The van der Waals surface area contributed by atoms with Gasteiger partial charge >= 0.3 is 5.97 Å². The van der Waals surface area contributed by atoms with Crippen molar-refractivity contribution in [2.75, 3.05) is 0 Å². The summed E-state index contributed by atoms with van der Waals surface area (Å²) in [5.74, 6) is 0.670. The van der Waals surface area contributed by atoms with E-state index in [2.05, 4.69) is 0 Å². The largest absolute Gasteiger partial charge is 0.508 e. The van der Waals surface area contributed by atoms with Crippen molar-refractivity contribution in [3.8, 4) is 17.2 Å². The second-order valence-electron chi connectivity index (χ2n) is 4.73. The Balaban J connectivity index is 0.00000116. The van der Waals surface area contributed by atoms with E-state index in [0.29, 0.717) is 11.5 Å². The molecule has 0 aliphatic heterocycles. The second kappa shape index (κ2) is 8.08. The van der Waals surface area contributed by atoms with Gasteiger partial charge in [0.25, 0.3) is 0 Å². The van der Waals surface area contributed by atoms with Gasteiger partial charge in [-0.15, -0.1) is 0 Å². The molecule has 0 heterocycles. The summed E-state index contributed by atoms with van der Waals surface area (Å²) in [5.41, 5.74) is 2.52. The first-order valence-corrected chi connectivity index (χ1v) is 7.24. The van der Waals surface area contributed by atoms with Gasteiger partial charge in [0.15, 0.2) is 0 Å². The van der Waals surface area contributed by atoms with E-state index in [1.165, 1.54) is 0 Å². The number of phenolic OH excluding ortho intramolecular Hbond substituents is 1. The Morgan fingerprint density at radius 2 is 1.55 bits per heavy atom. The molecule has 4 heteroatoms. The number of carboxylic acids is 1. The lowest BCUT2D eigenvalue weighted by Crippen LogP contribution is -2.02. The molecule has 2 aromatic rings. The molecule has 0 atom stereocenters. The Hall–Kier alpha value is -2.49. The topological polar surface area (TPSA) is 66.8 Å². The molecule has 0 spiro atoms. The highest BCUT2D eigenvalue weighted by molar-refractivity contribution is 5.70. The van der Waals surface area contributed by atoms with Crippen LogP contribution in [0.4, 0.5) is 0 Å². The molecule has 0 saturated heterocycles. The molecule has 4 nitrogen and oxygen atoms in total. The Kier molecular flexibility index (Phi) is 6.45. The minimum Gasteiger partial charge on any atom is -0.508 e. The van der Waals surface area contributed by atoms with E-state index in [1.54, 1.807) is 24.3 Å². The molecule has 0 fully saturated rings. The highest BCUT2D eigenvalue weighted by Crippen LogP contribution is 2.30. The summed E-state index contributed by atoms with van der Waals surface area (Å²) in [6.07, 6.45) is 0.00116. The van der Waals surface area contributed by atoms with Crippen LogP contribution >= 0.6 is 0 Å². The molecule has 22 heavy (non-hydrogen) atoms. The number of carboxylic acid groups (broad SMARTS) is 1. The number of rotatable bonds is 4. The average molecular weight is 302 g/mol. The number of aromatic hydroxyl groups is 1. The van der Waals surface area contributed by atoms with Crippen LogP contribution in [0.15, 0.2) is 36.4 Å². The fourth-order valence-electron chi connectivity index (χ4n) is 2.11.